The number of aromatic nitrogens is 1. The van der Waals surface area contributed by atoms with Gasteiger partial charge >= 0.3 is 0 Å². The first kappa shape index (κ1) is 23.3. The van der Waals surface area contributed by atoms with Crippen LogP contribution < -0.4 is 30.9 Å². The van der Waals surface area contributed by atoms with Crippen LogP contribution in [0.5, 0.6) is 11.5 Å². The van der Waals surface area contributed by atoms with Gasteiger partial charge in [0.1, 0.15) is 0 Å². The number of benzene rings is 5. The van der Waals surface area contributed by atoms with E-state index < -0.39 is 0 Å². The molecule has 6 aromatic rings. The third-order valence-electron chi connectivity index (χ3n) is 9.85. The molecule has 5 aromatic carbocycles. The number of nitrogens with zero attached hydrogens (tertiary/aromatic N) is 3. The SMILES string of the molecule is CC1(C)c2ccccc2N2c3cc(-c4ccccn4)cc4c3B(c3cccc5c3N4c3ccccc3O5)c3cccc1c32. The molecule has 5 heteroatoms. The molecule has 0 aliphatic carbocycles. The van der Waals surface area contributed by atoms with Gasteiger partial charge in [-0.25, -0.2) is 0 Å². The summed E-state index contributed by atoms with van der Waals surface area (Å²) in [6.07, 6.45) is 1.88. The Kier molecular flexibility index (Phi) is 4.31. The number of ether oxygens (including phenoxy) is 1. The van der Waals surface area contributed by atoms with E-state index in [-0.39, 0.29) is 12.1 Å². The summed E-state index contributed by atoms with van der Waals surface area (Å²) < 4.78 is 6.58. The highest BCUT2D eigenvalue weighted by molar-refractivity contribution is 7.00. The van der Waals surface area contributed by atoms with Crippen LogP contribution >= 0.6 is 0 Å². The molecule has 10 rings (SSSR count). The average molecular weight is 551 g/mol. The molecule has 0 atom stereocenters. The van der Waals surface area contributed by atoms with Gasteiger partial charge in [0.05, 0.1) is 22.8 Å². The summed E-state index contributed by atoms with van der Waals surface area (Å²) in [5, 5.41) is 0. The Balaban J connectivity index is 1.39. The zero-order chi connectivity index (χ0) is 28.4. The van der Waals surface area contributed by atoms with Gasteiger partial charge in [-0.15, -0.1) is 0 Å². The predicted octanol–water partition coefficient (Wildman–Crippen LogP) is 7.58. The van der Waals surface area contributed by atoms with Gasteiger partial charge in [0, 0.05) is 34.2 Å². The zero-order valence-electron chi connectivity index (χ0n) is 23.9. The lowest BCUT2D eigenvalue weighted by molar-refractivity contribution is 0.477. The van der Waals surface area contributed by atoms with E-state index in [1.807, 2.05) is 18.3 Å². The minimum atomic E-state index is -0.143. The Morgan fingerprint density at radius 3 is 2.07 bits per heavy atom. The van der Waals surface area contributed by atoms with Gasteiger partial charge < -0.3 is 14.5 Å². The fourth-order valence-corrected chi connectivity index (χ4v) is 8.02. The molecule has 0 fully saturated rings. The van der Waals surface area contributed by atoms with Crippen molar-refractivity contribution < 1.29 is 4.74 Å². The number of para-hydroxylation sites is 5. The van der Waals surface area contributed by atoms with Crippen molar-refractivity contribution >= 4 is 57.2 Å². The molecule has 0 amide bonds. The Bertz CT molecular complexity index is 2170. The number of rotatable bonds is 1. The van der Waals surface area contributed by atoms with E-state index >= 15 is 0 Å². The molecule has 0 bridgehead atoms. The van der Waals surface area contributed by atoms with Gasteiger partial charge in [0.25, 0.3) is 6.71 Å². The van der Waals surface area contributed by atoms with E-state index in [1.165, 1.54) is 50.3 Å². The standard InChI is InChI=1S/C38H26BN3O/c1-38(2)24-11-3-4-16-29(24)41-31-21-23(28-15-7-8-20-40-28)22-32-35(31)39(26-13-9-12-25(38)36(26)41)27-14-10-19-34-37(27)42(32)30-17-5-6-18-33(30)43-34/h3-22H,1-2H3. The zero-order valence-corrected chi connectivity index (χ0v) is 23.9. The second kappa shape index (κ2) is 7.96. The number of fused-ring (bicyclic) bond motifs is 8. The van der Waals surface area contributed by atoms with Crippen LogP contribution in [0.2, 0.25) is 0 Å². The van der Waals surface area contributed by atoms with E-state index in [9.17, 15) is 0 Å². The molecule has 43 heavy (non-hydrogen) atoms. The first-order valence-corrected chi connectivity index (χ1v) is 14.9. The molecule has 4 nitrogen and oxygen atoms in total. The molecule has 1 aromatic heterocycles. The van der Waals surface area contributed by atoms with Crippen molar-refractivity contribution in [2.75, 3.05) is 9.80 Å². The second-order valence-electron chi connectivity index (χ2n) is 12.4. The lowest BCUT2D eigenvalue weighted by Crippen LogP contribution is -2.62. The van der Waals surface area contributed by atoms with Crippen molar-refractivity contribution in [2.45, 2.75) is 19.3 Å². The molecule has 0 saturated carbocycles. The fourth-order valence-electron chi connectivity index (χ4n) is 8.02. The van der Waals surface area contributed by atoms with E-state index in [2.05, 4.69) is 127 Å². The lowest BCUT2D eigenvalue weighted by Gasteiger charge is -2.50. The Morgan fingerprint density at radius 1 is 0.605 bits per heavy atom. The average Bonchev–Trinajstić information content (AvgIpc) is 3.05. The van der Waals surface area contributed by atoms with Gasteiger partial charge in [-0.1, -0.05) is 80.6 Å². The first-order valence-electron chi connectivity index (χ1n) is 14.9. The van der Waals surface area contributed by atoms with E-state index in [0.29, 0.717) is 0 Å². The van der Waals surface area contributed by atoms with Crippen molar-refractivity contribution in [1.82, 2.24) is 4.98 Å². The molecular formula is C38H26BN3O. The predicted molar refractivity (Wildman–Crippen MR) is 176 cm³/mol. The number of pyridine rings is 1. The van der Waals surface area contributed by atoms with Crippen molar-refractivity contribution in [3.63, 3.8) is 0 Å². The minimum Gasteiger partial charge on any atom is -0.453 e. The minimum absolute atomic E-state index is 0.0649. The van der Waals surface area contributed by atoms with Gasteiger partial charge in [0.2, 0.25) is 0 Å². The molecule has 0 spiro atoms. The molecule has 0 radical (unpaired) electrons. The summed E-state index contributed by atoms with van der Waals surface area (Å²) in [4.78, 5) is 9.78. The Hall–Kier alpha value is -5.29. The molecule has 0 saturated heterocycles. The van der Waals surface area contributed by atoms with Gasteiger partial charge in [0.15, 0.2) is 11.5 Å². The van der Waals surface area contributed by atoms with E-state index in [0.717, 1.165) is 34.1 Å². The maximum absolute atomic E-state index is 6.58. The van der Waals surface area contributed by atoms with Crippen molar-refractivity contribution in [2.24, 2.45) is 0 Å². The molecule has 0 N–H and O–H groups in total. The molecule has 0 unspecified atom stereocenters. The first-order chi connectivity index (χ1) is 21.1. The van der Waals surface area contributed by atoms with Gasteiger partial charge in [-0.05, 0) is 76.0 Å². The third-order valence-corrected chi connectivity index (χ3v) is 9.85. The summed E-state index contributed by atoms with van der Waals surface area (Å²) in [6, 6.07) is 41.6. The van der Waals surface area contributed by atoms with Crippen LogP contribution in [-0.4, -0.2) is 11.7 Å². The highest BCUT2D eigenvalue weighted by Gasteiger charge is 2.49. The molecule has 202 valence electrons. The maximum Gasteiger partial charge on any atom is 0.252 e. The summed E-state index contributed by atoms with van der Waals surface area (Å²) in [7, 11) is 0. The van der Waals surface area contributed by atoms with Crippen LogP contribution in [0.25, 0.3) is 11.3 Å². The highest BCUT2D eigenvalue weighted by atomic mass is 16.5. The largest absolute Gasteiger partial charge is 0.453 e. The van der Waals surface area contributed by atoms with Crippen molar-refractivity contribution in [3.05, 3.63) is 133 Å². The van der Waals surface area contributed by atoms with Crippen LogP contribution in [-0.2, 0) is 5.41 Å². The maximum atomic E-state index is 6.58. The van der Waals surface area contributed by atoms with Crippen LogP contribution in [0.1, 0.15) is 25.0 Å². The summed E-state index contributed by atoms with van der Waals surface area (Å²) >= 11 is 0. The van der Waals surface area contributed by atoms with E-state index in [1.54, 1.807) is 0 Å². The summed E-state index contributed by atoms with van der Waals surface area (Å²) in [5.41, 5.74) is 15.7. The molecule has 4 aliphatic rings. The quantitative estimate of drug-likeness (QED) is 0.197. The third kappa shape index (κ3) is 2.84. The molecule has 4 aliphatic heterocycles. The Labute approximate surface area is 250 Å². The smallest absolute Gasteiger partial charge is 0.252 e. The summed E-state index contributed by atoms with van der Waals surface area (Å²) in [5.74, 6) is 1.76. The van der Waals surface area contributed by atoms with E-state index in [4.69, 9.17) is 9.72 Å². The number of hydrogen-bond acceptors (Lipinski definition) is 4. The van der Waals surface area contributed by atoms with Crippen LogP contribution in [0, 0.1) is 0 Å². The lowest BCUT2D eigenvalue weighted by atomic mass is 9.33. The molecular weight excluding hydrogens is 525 g/mol. The van der Waals surface area contributed by atoms with Gasteiger partial charge in [-0.3, -0.25) is 4.98 Å². The number of anilines is 6. The normalized spacial score (nSPS) is 15.4. The number of hydrogen-bond donors (Lipinski definition) is 0. The van der Waals surface area contributed by atoms with Crippen molar-refractivity contribution in [3.8, 4) is 22.8 Å². The second-order valence-corrected chi connectivity index (χ2v) is 12.4. The van der Waals surface area contributed by atoms with Crippen LogP contribution in [0.4, 0.5) is 34.1 Å². The van der Waals surface area contributed by atoms with Crippen LogP contribution in [0.3, 0.4) is 0 Å². The van der Waals surface area contributed by atoms with Gasteiger partial charge in [-0.2, -0.15) is 0 Å². The topological polar surface area (TPSA) is 28.6 Å². The summed E-state index contributed by atoms with van der Waals surface area (Å²) in [6.45, 7) is 4.79. The van der Waals surface area contributed by atoms with Crippen molar-refractivity contribution in [1.29, 1.82) is 0 Å². The Morgan fingerprint density at radius 2 is 1.26 bits per heavy atom. The fraction of sp³-hybridized carbons (Fsp3) is 0.0789. The highest BCUT2D eigenvalue weighted by Crippen LogP contribution is 2.56. The van der Waals surface area contributed by atoms with Crippen LogP contribution in [0.15, 0.2) is 121 Å². The monoisotopic (exact) mass is 551 g/mol. The molecule has 5 heterocycles.